The Labute approximate surface area is 139 Å². The summed E-state index contributed by atoms with van der Waals surface area (Å²) in [6.07, 6.45) is 0. The molecule has 108 valence electrons. The van der Waals surface area contributed by atoms with Gasteiger partial charge in [-0.05, 0) is 29.3 Å². The molecule has 0 saturated carbocycles. The van der Waals surface area contributed by atoms with Crippen LogP contribution in [-0.4, -0.2) is 5.78 Å². The van der Waals surface area contributed by atoms with Crippen molar-refractivity contribution in [2.24, 2.45) is 0 Å². The van der Waals surface area contributed by atoms with Gasteiger partial charge in [0, 0.05) is 16.1 Å². The zero-order chi connectivity index (χ0) is 15.5. The van der Waals surface area contributed by atoms with Crippen LogP contribution in [0.1, 0.15) is 15.9 Å². The zero-order valence-corrected chi connectivity index (χ0v) is 13.1. The third kappa shape index (κ3) is 3.06. The van der Waals surface area contributed by atoms with Crippen LogP contribution in [0.3, 0.4) is 0 Å². The van der Waals surface area contributed by atoms with E-state index in [1.54, 1.807) is 18.2 Å². The highest BCUT2D eigenvalue weighted by molar-refractivity contribution is 6.37. The Balaban J connectivity index is 1.91. The SMILES string of the molecule is O=C(c1ccc(-c2ccccc2)cc1)c1ccc(Cl)cc1Cl. The highest BCUT2D eigenvalue weighted by atomic mass is 35.5. The molecule has 1 nitrogen and oxygen atoms in total. The fourth-order valence-electron chi connectivity index (χ4n) is 2.27. The second kappa shape index (κ2) is 6.35. The topological polar surface area (TPSA) is 17.1 Å². The molecule has 3 aromatic carbocycles. The average molecular weight is 327 g/mol. The Bertz CT molecular complexity index is 809. The molecule has 0 aromatic heterocycles. The van der Waals surface area contributed by atoms with Crippen molar-refractivity contribution in [3.05, 3.63) is 94.0 Å². The number of hydrogen-bond acceptors (Lipinski definition) is 1. The van der Waals surface area contributed by atoms with E-state index >= 15 is 0 Å². The van der Waals surface area contributed by atoms with Crippen molar-refractivity contribution in [3.63, 3.8) is 0 Å². The van der Waals surface area contributed by atoms with Gasteiger partial charge in [-0.1, -0.05) is 77.8 Å². The van der Waals surface area contributed by atoms with E-state index < -0.39 is 0 Å². The van der Waals surface area contributed by atoms with Crippen molar-refractivity contribution in [2.45, 2.75) is 0 Å². The number of benzene rings is 3. The third-order valence-corrected chi connectivity index (χ3v) is 3.98. The Morgan fingerprint density at radius 2 is 1.36 bits per heavy atom. The lowest BCUT2D eigenvalue weighted by Crippen LogP contribution is -2.02. The number of hydrogen-bond donors (Lipinski definition) is 0. The Kier molecular flexibility index (Phi) is 4.28. The van der Waals surface area contributed by atoms with Crippen molar-refractivity contribution >= 4 is 29.0 Å². The molecule has 0 amide bonds. The molecule has 0 unspecified atom stereocenters. The Morgan fingerprint density at radius 1 is 0.727 bits per heavy atom. The normalized spacial score (nSPS) is 10.5. The minimum absolute atomic E-state index is 0.110. The summed E-state index contributed by atoms with van der Waals surface area (Å²) in [5.74, 6) is -0.110. The summed E-state index contributed by atoms with van der Waals surface area (Å²) in [6, 6.07) is 22.4. The molecule has 0 bridgehead atoms. The Hall–Kier alpha value is -2.09. The molecule has 0 radical (unpaired) electrons. The number of rotatable bonds is 3. The van der Waals surface area contributed by atoms with E-state index in [4.69, 9.17) is 23.2 Å². The molecule has 0 spiro atoms. The van der Waals surface area contributed by atoms with Crippen LogP contribution in [0, 0.1) is 0 Å². The van der Waals surface area contributed by atoms with Gasteiger partial charge < -0.3 is 0 Å². The van der Waals surface area contributed by atoms with E-state index in [1.807, 2.05) is 54.6 Å². The molecule has 0 aliphatic carbocycles. The first-order valence-electron chi connectivity index (χ1n) is 6.80. The highest BCUT2D eigenvalue weighted by Crippen LogP contribution is 2.25. The maximum Gasteiger partial charge on any atom is 0.194 e. The number of ketones is 1. The van der Waals surface area contributed by atoms with Gasteiger partial charge in [0.25, 0.3) is 0 Å². The summed E-state index contributed by atoms with van der Waals surface area (Å²) in [5, 5.41) is 0.880. The van der Waals surface area contributed by atoms with E-state index in [0.29, 0.717) is 21.2 Å². The van der Waals surface area contributed by atoms with Gasteiger partial charge in [0.05, 0.1) is 5.02 Å². The molecule has 0 fully saturated rings. The first-order chi connectivity index (χ1) is 10.6. The molecule has 0 heterocycles. The van der Waals surface area contributed by atoms with E-state index in [-0.39, 0.29) is 5.78 Å². The van der Waals surface area contributed by atoms with Crippen LogP contribution in [0.4, 0.5) is 0 Å². The highest BCUT2D eigenvalue weighted by Gasteiger charge is 2.13. The number of carbonyl (C=O) groups excluding carboxylic acids is 1. The lowest BCUT2D eigenvalue weighted by atomic mass is 9.99. The van der Waals surface area contributed by atoms with Crippen LogP contribution in [0.5, 0.6) is 0 Å². The first-order valence-corrected chi connectivity index (χ1v) is 7.56. The van der Waals surface area contributed by atoms with Gasteiger partial charge in [0.2, 0.25) is 0 Å². The third-order valence-electron chi connectivity index (χ3n) is 3.43. The first kappa shape index (κ1) is 14.8. The predicted octanol–water partition coefficient (Wildman–Crippen LogP) is 5.89. The van der Waals surface area contributed by atoms with E-state index in [9.17, 15) is 4.79 Å². The van der Waals surface area contributed by atoms with Gasteiger partial charge in [-0.3, -0.25) is 4.79 Å². The van der Waals surface area contributed by atoms with Crippen molar-refractivity contribution in [2.75, 3.05) is 0 Å². The fourth-order valence-corrected chi connectivity index (χ4v) is 2.77. The van der Waals surface area contributed by atoms with E-state index in [2.05, 4.69) is 0 Å². The zero-order valence-electron chi connectivity index (χ0n) is 11.6. The summed E-state index contributed by atoms with van der Waals surface area (Å²) in [5.41, 5.74) is 3.24. The van der Waals surface area contributed by atoms with Crippen LogP contribution < -0.4 is 0 Å². The Morgan fingerprint density at radius 3 is 2.00 bits per heavy atom. The van der Waals surface area contributed by atoms with Gasteiger partial charge in [-0.25, -0.2) is 0 Å². The monoisotopic (exact) mass is 326 g/mol. The summed E-state index contributed by atoms with van der Waals surface area (Å²) < 4.78 is 0. The molecular weight excluding hydrogens is 315 g/mol. The smallest absolute Gasteiger partial charge is 0.194 e. The summed E-state index contributed by atoms with van der Waals surface area (Å²) in [4.78, 5) is 12.5. The molecule has 3 heteroatoms. The van der Waals surface area contributed by atoms with Crippen molar-refractivity contribution in [3.8, 4) is 11.1 Å². The standard InChI is InChI=1S/C19H12Cl2O/c20-16-10-11-17(18(21)12-16)19(22)15-8-6-14(7-9-15)13-4-2-1-3-5-13/h1-12H. The van der Waals surface area contributed by atoms with Gasteiger partial charge in [-0.15, -0.1) is 0 Å². The minimum Gasteiger partial charge on any atom is -0.289 e. The van der Waals surface area contributed by atoms with Gasteiger partial charge in [-0.2, -0.15) is 0 Å². The van der Waals surface area contributed by atoms with Crippen LogP contribution >= 0.6 is 23.2 Å². The maximum absolute atomic E-state index is 12.5. The summed E-state index contributed by atoms with van der Waals surface area (Å²) in [7, 11) is 0. The van der Waals surface area contributed by atoms with Crippen LogP contribution in [0.15, 0.2) is 72.8 Å². The molecule has 0 aliphatic rings. The van der Waals surface area contributed by atoms with Crippen molar-refractivity contribution in [1.29, 1.82) is 0 Å². The molecular formula is C19H12Cl2O. The van der Waals surface area contributed by atoms with Crippen LogP contribution in [0.25, 0.3) is 11.1 Å². The molecule has 3 rings (SSSR count). The molecule has 22 heavy (non-hydrogen) atoms. The lowest BCUT2D eigenvalue weighted by molar-refractivity contribution is 0.103. The summed E-state index contributed by atoms with van der Waals surface area (Å²) >= 11 is 12.0. The van der Waals surface area contributed by atoms with Crippen LogP contribution in [-0.2, 0) is 0 Å². The second-order valence-corrected chi connectivity index (χ2v) is 5.74. The number of carbonyl (C=O) groups is 1. The molecule has 0 atom stereocenters. The quantitative estimate of drug-likeness (QED) is 0.548. The van der Waals surface area contributed by atoms with Gasteiger partial charge >= 0.3 is 0 Å². The maximum atomic E-state index is 12.5. The van der Waals surface area contributed by atoms with Gasteiger partial charge in [0.15, 0.2) is 5.78 Å². The molecule has 3 aromatic rings. The largest absolute Gasteiger partial charge is 0.289 e. The predicted molar refractivity (Wildman–Crippen MR) is 91.8 cm³/mol. The number of halogens is 2. The fraction of sp³-hybridized carbons (Fsp3) is 0. The second-order valence-electron chi connectivity index (χ2n) is 4.90. The average Bonchev–Trinajstić information content (AvgIpc) is 2.55. The van der Waals surface area contributed by atoms with Crippen LogP contribution in [0.2, 0.25) is 10.0 Å². The lowest BCUT2D eigenvalue weighted by Gasteiger charge is -2.06. The van der Waals surface area contributed by atoms with Gasteiger partial charge in [0.1, 0.15) is 0 Å². The molecule has 0 saturated heterocycles. The molecule has 0 aliphatic heterocycles. The molecule has 0 N–H and O–H groups in total. The van der Waals surface area contributed by atoms with Crippen molar-refractivity contribution < 1.29 is 4.79 Å². The summed E-state index contributed by atoms with van der Waals surface area (Å²) in [6.45, 7) is 0. The van der Waals surface area contributed by atoms with E-state index in [1.165, 1.54) is 0 Å². The van der Waals surface area contributed by atoms with Crippen molar-refractivity contribution in [1.82, 2.24) is 0 Å². The van der Waals surface area contributed by atoms with E-state index in [0.717, 1.165) is 11.1 Å². The minimum atomic E-state index is -0.110.